The minimum Gasteiger partial charge on any atom is -0.598 e. The van der Waals surface area contributed by atoms with Gasteiger partial charge in [-0.3, -0.25) is 0 Å². The molecule has 2 saturated heterocycles. The molecule has 0 spiro atoms. The molecule has 2 aliphatic rings. The summed E-state index contributed by atoms with van der Waals surface area (Å²) in [6, 6.07) is 2.94. The summed E-state index contributed by atoms with van der Waals surface area (Å²) >= 11 is 11.3. The van der Waals surface area contributed by atoms with Crippen molar-refractivity contribution < 1.29 is 24.3 Å². The van der Waals surface area contributed by atoms with E-state index in [1.807, 2.05) is 20.8 Å². The van der Waals surface area contributed by atoms with Crippen molar-refractivity contribution in [2.45, 2.75) is 50.0 Å². The van der Waals surface area contributed by atoms with Gasteiger partial charge in [0.05, 0.1) is 35.8 Å². The first kappa shape index (κ1) is 28.4. The van der Waals surface area contributed by atoms with Crippen LogP contribution in [-0.4, -0.2) is 80.3 Å². The molecule has 2 unspecified atom stereocenters. The van der Waals surface area contributed by atoms with Crippen molar-refractivity contribution in [3.63, 3.8) is 0 Å². The molecule has 1 aromatic rings. The number of β-amino-alcohol motifs (C(OH)–C–C–N with tert-alkyl or cyclic N) is 1. The molecule has 3 rings (SSSR count). The van der Waals surface area contributed by atoms with Crippen molar-refractivity contribution in [1.29, 1.82) is 0 Å². The van der Waals surface area contributed by atoms with Gasteiger partial charge in [0.15, 0.2) is 0 Å². The predicted molar refractivity (Wildman–Crippen MR) is 139 cm³/mol. The Hall–Kier alpha value is -1.20. The Labute approximate surface area is 220 Å². The van der Waals surface area contributed by atoms with Crippen molar-refractivity contribution in [2.75, 3.05) is 39.4 Å². The lowest BCUT2D eigenvalue weighted by molar-refractivity contribution is -0.111. The Morgan fingerprint density at radius 1 is 1.31 bits per heavy atom. The van der Waals surface area contributed by atoms with Crippen molar-refractivity contribution in [1.82, 2.24) is 14.5 Å². The number of nitrogens with one attached hydrogen (secondary N) is 1. The highest BCUT2D eigenvalue weighted by Gasteiger charge is 2.45. The average molecular weight is 549 g/mol. The van der Waals surface area contributed by atoms with E-state index >= 15 is 0 Å². The highest BCUT2D eigenvalue weighted by Crippen LogP contribution is 2.41. The number of urea groups is 1. The van der Waals surface area contributed by atoms with Crippen LogP contribution in [0.3, 0.4) is 0 Å². The van der Waals surface area contributed by atoms with Gasteiger partial charge in [0, 0.05) is 36.1 Å². The van der Waals surface area contributed by atoms with Crippen LogP contribution >= 0.6 is 23.2 Å². The van der Waals surface area contributed by atoms with Gasteiger partial charge in [-0.2, -0.15) is 0 Å². The molecule has 8 nitrogen and oxygen atoms in total. The van der Waals surface area contributed by atoms with E-state index < -0.39 is 21.7 Å². The van der Waals surface area contributed by atoms with E-state index in [4.69, 9.17) is 27.9 Å². The van der Waals surface area contributed by atoms with Crippen molar-refractivity contribution in [3.8, 4) is 5.75 Å². The fourth-order valence-electron chi connectivity index (χ4n) is 4.29. The van der Waals surface area contributed by atoms with Crippen LogP contribution in [0, 0.1) is 5.92 Å². The minimum atomic E-state index is -1.36. The molecule has 3 N–H and O–H groups in total. The first-order valence-corrected chi connectivity index (χ1v) is 13.6. The summed E-state index contributed by atoms with van der Waals surface area (Å²) in [6.45, 7) is 10.6. The number of piperidine rings is 1. The monoisotopic (exact) mass is 547 g/mol. The second-order valence-corrected chi connectivity index (χ2v) is 13.0. The summed E-state index contributed by atoms with van der Waals surface area (Å²) in [5.74, 6) is 0.601. The lowest BCUT2D eigenvalue weighted by Crippen LogP contribution is -2.67. The maximum Gasteiger partial charge on any atom is 0.320 e. The number of likely N-dealkylation sites (tertiary alicyclic amines) is 2. The van der Waals surface area contributed by atoms with Crippen LogP contribution in [0.2, 0.25) is 10.0 Å². The summed E-state index contributed by atoms with van der Waals surface area (Å²) < 4.78 is 21.8. The molecule has 2 aliphatic heterocycles. The topological polar surface area (TPSA) is 108 Å². The van der Waals surface area contributed by atoms with Crippen LogP contribution in [0.4, 0.5) is 4.79 Å². The van der Waals surface area contributed by atoms with Gasteiger partial charge >= 0.3 is 6.03 Å². The number of aliphatic hydroxyl groups excluding tert-OH is 1. The van der Waals surface area contributed by atoms with Gasteiger partial charge in [0.1, 0.15) is 22.7 Å². The van der Waals surface area contributed by atoms with E-state index in [9.17, 15) is 19.6 Å². The zero-order chi connectivity index (χ0) is 26.0. The highest BCUT2D eigenvalue weighted by molar-refractivity contribution is 7.90. The Bertz CT molecular complexity index is 915. The van der Waals surface area contributed by atoms with Gasteiger partial charge in [-0.05, 0) is 45.6 Å². The number of carbonyl (C=O) groups excluding carboxylic acids is 1. The Morgan fingerprint density at radius 2 is 1.91 bits per heavy atom. The molecule has 0 aliphatic carbocycles. The second kappa shape index (κ2) is 11.5. The number of amides is 2. The summed E-state index contributed by atoms with van der Waals surface area (Å²) in [6.07, 6.45) is 2.98. The first-order valence-electron chi connectivity index (χ1n) is 11.7. The number of halogens is 2. The minimum absolute atomic E-state index is 0.0550. The Balaban J connectivity index is 1.80. The van der Waals surface area contributed by atoms with E-state index in [1.54, 1.807) is 28.0 Å². The van der Waals surface area contributed by atoms with Crippen molar-refractivity contribution in [3.05, 3.63) is 40.4 Å². The molecule has 35 heavy (non-hydrogen) atoms. The fraction of sp³-hybridized carbons (Fsp3) is 0.625. The van der Waals surface area contributed by atoms with Gasteiger partial charge in [-0.1, -0.05) is 35.9 Å². The molecule has 2 fully saturated rings. The lowest BCUT2D eigenvalue weighted by Gasteiger charge is -2.48. The molecule has 0 radical (unpaired) electrons. The number of nitrogens with zero attached hydrogens (tertiary/aromatic N) is 2. The van der Waals surface area contributed by atoms with Gasteiger partial charge < -0.3 is 29.3 Å². The molecule has 0 aromatic heterocycles. The van der Waals surface area contributed by atoms with Crippen LogP contribution in [0.25, 0.3) is 0 Å². The van der Waals surface area contributed by atoms with E-state index in [-0.39, 0.29) is 44.3 Å². The second-order valence-electron chi connectivity index (χ2n) is 10.2. The normalized spacial score (nSPS) is 20.2. The molecule has 2 atom stereocenters. The number of hydrogen-bond acceptors (Lipinski definition) is 6. The van der Waals surface area contributed by atoms with Gasteiger partial charge in [0.25, 0.3) is 0 Å². The van der Waals surface area contributed by atoms with E-state index in [1.165, 1.54) is 0 Å². The molecule has 2 amide bonds. The molecule has 2 heterocycles. The smallest absolute Gasteiger partial charge is 0.320 e. The number of rotatable bonds is 8. The predicted octanol–water partition coefficient (Wildman–Crippen LogP) is 3.52. The number of hydrogen-bond donors (Lipinski definition) is 3. The SMILES string of the molecule is C=CCOc1cc(Cl)c(Cl)cc1C(N[S+]([O-])C(C)(C)C)C1CCN(C(=O)N2CC(O)(CO)C2)CC1. The summed E-state index contributed by atoms with van der Waals surface area (Å²) in [5, 5.41) is 20.0. The van der Waals surface area contributed by atoms with Gasteiger partial charge in [-0.25, -0.2) is 4.79 Å². The van der Waals surface area contributed by atoms with Crippen LogP contribution in [-0.2, 0) is 11.4 Å². The molecule has 196 valence electrons. The largest absolute Gasteiger partial charge is 0.598 e. The highest BCUT2D eigenvalue weighted by atomic mass is 35.5. The van der Waals surface area contributed by atoms with Gasteiger partial charge in [0.2, 0.25) is 0 Å². The van der Waals surface area contributed by atoms with Crippen molar-refractivity contribution in [2.24, 2.45) is 5.92 Å². The van der Waals surface area contributed by atoms with Crippen LogP contribution in [0.5, 0.6) is 5.75 Å². The van der Waals surface area contributed by atoms with E-state index in [0.717, 1.165) is 5.56 Å². The number of carbonyl (C=O) groups is 1. The summed E-state index contributed by atoms with van der Waals surface area (Å²) in [7, 11) is 0. The van der Waals surface area contributed by atoms with Crippen LogP contribution in [0.1, 0.15) is 45.2 Å². The standard InChI is InChI=1S/C24H35Cl2N3O5S/c1-5-10-34-20-12-19(26)18(25)11-17(20)21(27-35(33)23(2,3)4)16-6-8-28(9-7-16)22(31)29-13-24(32,14-29)15-30/h5,11-12,16,21,27,30,32H,1,6-10,13-15H2,2-4H3. The maximum atomic E-state index is 13.1. The third-order valence-electron chi connectivity index (χ3n) is 6.35. The molecular weight excluding hydrogens is 513 g/mol. The third kappa shape index (κ3) is 6.77. The molecule has 11 heteroatoms. The average Bonchev–Trinajstić information content (AvgIpc) is 2.80. The quantitative estimate of drug-likeness (QED) is 0.339. The number of ether oxygens (including phenoxy) is 1. The van der Waals surface area contributed by atoms with Crippen molar-refractivity contribution >= 4 is 40.6 Å². The van der Waals surface area contributed by atoms with Gasteiger partial charge in [-0.15, -0.1) is 4.72 Å². The Kier molecular flexibility index (Phi) is 9.29. The zero-order valence-corrected chi connectivity index (χ0v) is 22.8. The maximum absolute atomic E-state index is 13.1. The van der Waals surface area contributed by atoms with E-state index in [0.29, 0.717) is 41.7 Å². The molecule has 0 bridgehead atoms. The Morgan fingerprint density at radius 3 is 2.46 bits per heavy atom. The fourth-order valence-corrected chi connectivity index (χ4v) is 5.52. The van der Waals surface area contributed by atoms with Crippen LogP contribution < -0.4 is 9.46 Å². The molecule has 1 aromatic carbocycles. The molecular formula is C24H35Cl2N3O5S. The zero-order valence-electron chi connectivity index (χ0n) is 20.4. The van der Waals surface area contributed by atoms with Crippen LogP contribution in [0.15, 0.2) is 24.8 Å². The molecule has 0 saturated carbocycles. The third-order valence-corrected chi connectivity index (χ3v) is 8.65. The van der Waals surface area contributed by atoms with E-state index in [2.05, 4.69) is 11.3 Å². The lowest BCUT2D eigenvalue weighted by atomic mass is 9.85. The number of aliphatic hydroxyl groups is 2. The summed E-state index contributed by atoms with van der Waals surface area (Å²) in [5.41, 5.74) is -0.435. The summed E-state index contributed by atoms with van der Waals surface area (Å²) in [4.78, 5) is 16.1. The number of benzene rings is 1. The first-order chi connectivity index (χ1) is 16.4.